The second-order valence-electron chi connectivity index (χ2n) is 4.96. The SMILES string of the molecule is CCC1C(=O)NCCN1C(=O)C(C)Oc1cccc(Cl)c1. The maximum absolute atomic E-state index is 12.5. The van der Waals surface area contributed by atoms with Crippen LogP contribution in [0.4, 0.5) is 0 Å². The Bertz CT molecular complexity index is 535. The maximum atomic E-state index is 12.5. The van der Waals surface area contributed by atoms with Gasteiger partial charge < -0.3 is 15.0 Å². The van der Waals surface area contributed by atoms with Crippen LogP contribution >= 0.6 is 11.6 Å². The minimum atomic E-state index is -0.664. The van der Waals surface area contributed by atoms with Crippen molar-refractivity contribution in [2.24, 2.45) is 0 Å². The summed E-state index contributed by atoms with van der Waals surface area (Å²) in [5.74, 6) is 0.251. The fourth-order valence-corrected chi connectivity index (χ4v) is 2.59. The molecule has 0 spiro atoms. The number of nitrogens with one attached hydrogen (secondary N) is 1. The van der Waals surface area contributed by atoms with Crippen LogP contribution in [-0.2, 0) is 9.59 Å². The summed E-state index contributed by atoms with van der Waals surface area (Å²) in [6.07, 6.45) is -0.0787. The number of piperazine rings is 1. The van der Waals surface area contributed by atoms with Gasteiger partial charge in [-0.1, -0.05) is 24.6 Å². The highest BCUT2D eigenvalue weighted by molar-refractivity contribution is 6.30. The summed E-state index contributed by atoms with van der Waals surface area (Å²) in [4.78, 5) is 25.9. The molecule has 2 atom stereocenters. The summed E-state index contributed by atoms with van der Waals surface area (Å²) in [7, 11) is 0. The van der Waals surface area contributed by atoms with Gasteiger partial charge in [-0.25, -0.2) is 0 Å². The third kappa shape index (κ3) is 3.67. The minimum absolute atomic E-state index is 0.105. The van der Waals surface area contributed by atoms with Gasteiger partial charge in [0.2, 0.25) is 5.91 Å². The van der Waals surface area contributed by atoms with E-state index in [9.17, 15) is 9.59 Å². The van der Waals surface area contributed by atoms with Gasteiger partial charge in [0, 0.05) is 18.1 Å². The Hall–Kier alpha value is -1.75. The number of rotatable bonds is 4. The molecule has 1 fully saturated rings. The number of carbonyl (C=O) groups excluding carboxylic acids is 2. The second-order valence-corrected chi connectivity index (χ2v) is 5.40. The molecule has 1 heterocycles. The summed E-state index contributed by atoms with van der Waals surface area (Å²) < 4.78 is 5.63. The van der Waals surface area contributed by atoms with E-state index < -0.39 is 12.1 Å². The van der Waals surface area contributed by atoms with Crippen LogP contribution in [0.15, 0.2) is 24.3 Å². The normalized spacial score (nSPS) is 19.9. The summed E-state index contributed by atoms with van der Waals surface area (Å²) in [5, 5.41) is 3.32. The molecule has 1 aliphatic heterocycles. The van der Waals surface area contributed by atoms with Gasteiger partial charge in [0.1, 0.15) is 11.8 Å². The first-order valence-electron chi connectivity index (χ1n) is 7.03. The quantitative estimate of drug-likeness (QED) is 0.923. The lowest BCUT2D eigenvalue weighted by molar-refractivity contribution is -0.148. The molecule has 0 aromatic heterocycles. The van der Waals surface area contributed by atoms with E-state index in [0.717, 1.165) is 0 Å². The van der Waals surface area contributed by atoms with E-state index in [4.69, 9.17) is 16.3 Å². The van der Waals surface area contributed by atoms with Crippen LogP contribution in [-0.4, -0.2) is 41.9 Å². The van der Waals surface area contributed by atoms with Crippen LogP contribution in [0.2, 0.25) is 5.02 Å². The van der Waals surface area contributed by atoms with Crippen molar-refractivity contribution in [3.8, 4) is 5.75 Å². The highest BCUT2D eigenvalue weighted by Gasteiger charge is 2.34. The molecule has 1 N–H and O–H groups in total. The number of hydrogen-bond donors (Lipinski definition) is 1. The predicted octanol–water partition coefficient (Wildman–Crippen LogP) is 1.84. The minimum Gasteiger partial charge on any atom is -0.481 e. The molecule has 2 unspecified atom stereocenters. The summed E-state index contributed by atoms with van der Waals surface area (Å²) in [6.45, 7) is 4.55. The van der Waals surface area contributed by atoms with Crippen molar-refractivity contribution in [3.63, 3.8) is 0 Å². The van der Waals surface area contributed by atoms with E-state index >= 15 is 0 Å². The smallest absolute Gasteiger partial charge is 0.264 e. The van der Waals surface area contributed by atoms with Crippen LogP contribution in [0.5, 0.6) is 5.75 Å². The number of benzene rings is 1. The molecule has 2 amide bonds. The number of hydrogen-bond acceptors (Lipinski definition) is 3. The van der Waals surface area contributed by atoms with Crippen molar-refractivity contribution in [2.45, 2.75) is 32.4 Å². The van der Waals surface area contributed by atoms with Crippen LogP contribution in [0.3, 0.4) is 0 Å². The van der Waals surface area contributed by atoms with Gasteiger partial charge in [0.25, 0.3) is 5.91 Å². The third-order valence-corrected chi connectivity index (χ3v) is 3.69. The summed E-state index contributed by atoms with van der Waals surface area (Å²) in [5.41, 5.74) is 0. The Kier molecular flexibility index (Phi) is 5.07. The van der Waals surface area contributed by atoms with Crippen molar-refractivity contribution in [1.29, 1.82) is 0 Å². The first-order chi connectivity index (χ1) is 10.0. The van der Waals surface area contributed by atoms with Gasteiger partial charge in [0.05, 0.1) is 0 Å². The average molecular weight is 311 g/mol. The molecule has 1 aromatic rings. The highest BCUT2D eigenvalue weighted by atomic mass is 35.5. The molecule has 0 aliphatic carbocycles. The first-order valence-corrected chi connectivity index (χ1v) is 7.41. The van der Waals surface area contributed by atoms with Gasteiger partial charge in [-0.15, -0.1) is 0 Å². The van der Waals surface area contributed by atoms with Gasteiger partial charge in [0.15, 0.2) is 6.10 Å². The van der Waals surface area contributed by atoms with Crippen molar-refractivity contribution < 1.29 is 14.3 Å². The molecule has 21 heavy (non-hydrogen) atoms. The molecular weight excluding hydrogens is 292 g/mol. The lowest BCUT2D eigenvalue weighted by atomic mass is 10.1. The molecule has 0 saturated carbocycles. The average Bonchev–Trinajstić information content (AvgIpc) is 2.46. The van der Waals surface area contributed by atoms with Crippen LogP contribution in [0.25, 0.3) is 0 Å². The predicted molar refractivity (Wildman–Crippen MR) is 80.3 cm³/mol. The Balaban J connectivity index is 2.06. The lowest BCUT2D eigenvalue weighted by Gasteiger charge is -2.35. The highest BCUT2D eigenvalue weighted by Crippen LogP contribution is 2.19. The molecule has 1 saturated heterocycles. The Morgan fingerprint density at radius 3 is 3.00 bits per heavy atom. The standard InChI is InChI=1S/C15H19ClN2O3/c1-3-13-14(19)17-7-8-18(13)15(20)10(2)21-12-6-4-5-11(16)9-12/h4-6,9-10,13H,3,7-8H2,1-2H3,(H,17,19). The summed E-state index contributed by atoms with van der Waals surface area (Å²) in [6, 6.07) is 6.49. The Morgan fingerprint density at radius 1 is 1.57 bits per heavy atom. The van der Waals surface area contributed by atoms with Gasteiger partial charge in [-0.2, -0.15) is 0 Å². The fourth-order valence-electron chi connectivity index (χ4n) is 2.41. The zero-order valence-electron chi connectivity index (χ0n) is 12.1. The lowest BCUT2D eigenvalue weighted by Crippen LogP contribution is -2.59. The monoisotopic (exact) mass is 310 g/mol. The molecule has 0 bridgehead atoms. The van der Waals surface area contributed by atoms with Crippen LogP contribution in [0, 0.1) is 0 Å². The second kappa shape index (κ2) is 6.80. The van der Waals surface area contributed by atoms with E-state index in [1.165, 1.54) is 0 Å². The number of carbonyl (C=O) groups is 2. The Labute approximate surface area is 129 Å². The fraction of sp³-hybridized carbons (Fsp3) is 0.467. The molecule has 2 rings (SSSR count). The number of amides is 2. The van der Waals surface area contributed by atoms with E-state index in [0.29, 0.717) is 30.3 Å². The van der Waals surface area contributed by atoms with Gasteiger partial charge in [-0.05, 0) is 31.5 Å². The molecule has 1 aromatic carbocycles. The van der Waals surface area contributed by atoms with E-state index in [-0.39, 0.29) is 11.8 Å². The van der Waals surface area contributed by atoms with Gasteiger partial charge in [-0.3, -0.25) is 9.59 Å². The Morgan fingerprint density at radius 2 is 2.33 bits per heavy atom. The van der Waals surface area contributed by atoms with Crippen molar-refractivity contribution in [1.82, 2.24) is 10.2 Å². The van der Waals surface area contributed by atoms with Crippen molar-refractivity contribution in [3.05, 3.63) is 29.3 Å². The zero-order chi connectivity index (χ0) is 15.4. The number of nitrogens with zero attached hydrogens (tertiary/aromatic N) is 1. The maximum Gasteiger partial charge on any atom is 0.264 e. The van der Waals surface area contributed by atoms with Gasteiger partial charge >= 0.3 is 0 Å². The van der Waals surface area contributed by atoms with Crippen molar-refractivity contribution in [2.75, 3.05) is 13.1 Å². The molecule has 6 heteroatoms. The largest absolute Gasteiger partial charge is 0.481 e. The van der Waals surface area contributed by atoms with E-state index in [1.54, 1.807) is 36.1 Å². The zero-order valence-corrected chi connectivity index (χ0v) is 12.9. The molecular formula is C15H19ClN2O3. The van der Waals surface area contributed by atoms with E-state index in [2.05, 4.69) is 5.32 Å². The topological polar surface area (TPSA) is 58.6 Å². The molecule has 1 aliphatic rings. The van der Waals surface area contributed by atoms with Crippen LogP contribution < -0.4 is 10.1 Å². The number of ether oxygens (including phenoxy) is 1. The molecule has 0 radical (unpaired) electrons. The van der Waals surface area contributed by atoms with Crippen molar-refractivity contribution >= 4 is 23.4 Å². The summed E-state index contributed by atoms with van der Waals surface area (Å²) >= 11 is 5.89. The number of halogens is 1. The molecule has 114 valence electrons. The van der Waals surface area contributed by atoms with E-state index in [1.807, 2.05) is 6.92 Å². The first kappa shape index (κ1) is 15.6. The third-order valence-electron chi connectivity index (χ3n) is 3.46. The van der Waals surface area contributed by atoms with Crippen LogP contribution in [0.1, 0.15) is 20.3 Å². The molecule has 5 nitrogen and oxygen atoms in total.